The highest BCUT2D eigenvalue weighted by Gasteiger charge is 2.13. The van der Waals surface area contributed by atoms with E-state index in [0.717, 1.165) is 23.8 Å². The molecule has 1 aromatic rings. The Labute approximate surface area is 112 Å². The molecule has 2 rings (SSSR count). The molecule has 0 spiro atoms. The second kappa shape index (κ2) is 6.64. The van der Waals surface area contributed by atoms with Crippen molar-refractivity contribution in [3.8, 4) is 0 Å². The first-order chi connectivity index (χ1) is 8.75. The van der Waals surface area contributed by atoms with Gasteiger partial charge in [-0.15, -0.1) is 0 Å². The molecule has 4 nitrogen and oxygen atoms in total. The fourth-order valence-corrected chi connectivity index (χ4v) is 2.79. The molecule has 0 fully saturated rings. The summed E-state index contributed by atoms with van der Waals surface area (Å²) in [6.45, 7) is 0.701. The van der Waals surface area contributed by atoms with Gasteiger partial charge < -0.3 is 9.88 Å². The van der Waals surface area contributed by atoms with E-state index in [1.54, 1.807) is 18.0 Å². The maximum Gasteiger partial charge on any atom is 0.220 e. The van der Waals surface area contributed by atoms with Crippen molar-refractivity contribution < 1.29 is 4.79 Å². The van der Waals surface area contributed by atoms with E-state index in [9.17, 15) is 4.79 Å². The molecule has 0 aliphatic heterocycles. The Hall–Kier alpha value is -1.23. The summed E-state index contributed by atoms with van der Waals surface area (Å²) in [4.78, 5) is 15.9. The molecule has 0 aromatic carbocycles. The molecule has 1 amide bonds. The molecule has 18 heavy (non-hydrogen) atoms. The summed E-state index contributed by atoms with van der Waals surface area (Å²) in [6.07, 6.45) is 10.9. The first kappa shape index (κ1) is 13.2. The molecule has 1 atom stereocenters. The lowest BCUT2D eigenvalue weighted by Crippen LogP contribution is -2.27. The van der Waals surface area contributed by atoms with Gasteiger partial charge in [-0.3, -0.25) is 4.79 Å². The fourth-order valence-electron chi connectivity index (χ4n) is 2.00. The minimum absolute atomic E-state index is 0.159. The lowest BCUT2D eigenvalue weighted by atomic mass is 10.1. The van der Waals surface area contributed by atoms with Crippen LogP contribution >= 0.6 is 11.8 Å². The van der Waals surface area contributed by atoms with Gasteiger partial charge in [-0.25, -0.2) is 4.98 Å². The van der Waals surface area contributed by atoms with Gasteiger partial charge in [-0.1, -0.05) is 23.9 Å². The van der Waals surface area contributed by atoms with Crippen LogP contribution in [0.25, 0.3) is 0 Å². The average molecular weight is 265 g/mol. The Morgan fingerprint density at radius 2 is 2.56 bits per heavy atom. The minimum atomic E-state index is 0.159. The molecule has 0 radical (unpaired) electrons. The van der Waals surface area contributed by atoms with E-state index in [1.807, 2.05) is 17.8 Å². The highest BCUT2D eigenvalue weighted by Crippen LogP contribution is 2.20. The van der Waals surface area contributed by atoms with Crippen molar-refractivity contribution in [3.63, 3.8) is 0 Å². The molecule has 0 saturated carbocycles. The quantitative estimate of drug-likeness (QED) is 0.486. The largest absolute Gasteiger partial charge is 0.355 e. The number of allylic oxidation sites excluding steroid dienone is 2. The number of nitrogens with one attached hydrogen (secondary N) is 1. The Bertz CT molecular complexity index is 428. The minimum Gasteiger partial charge on any atom is -0.355 e. The molecular formula is C13H19N3OS. The van der Waals surface area contributed by atoms with Gasteiger partial charge in [0.05, 0.1) is 0 Å². The number of imidazole rings is 1. The van der Waals surface area contributed by atoms with Gasteiger partial charge in [0.25, 0.3) is 0 Å². The maximum absolute atomic E-state index is 11.7. The number of aromatic nitrogens is 2. The first-order valence-electron chi connectivity index (χ1n) is 6.29. The van der Waals surface area contributed by atoms with Gasteiger partial charge in [0.2, 0.25) is 5.91 Å². The number of amides is 1. The number of nitrogens with zero attached hydrogens (tertiary/aromatic N) is 2. The SMILES string of the molecule is Cn1ccnc1SCCNC(=O)C[C@H]1C=CCC1. The number of carbonyl (C=O) groups is 1. The van der Waals surface area contributed by atoms with Gasteiger partial charge in [0.15, 0.2) is 5.16 Å². The van der Waals surface area contributed by atoms with Crippen LogP contribution in [-0.4, -0.2) is 27.8 Å². The number of rotatable bonds is 6. The van der Waals surface area contributed by atoms with Crippen LogP contribution < -0.4 is 5.32 Å². The lowest BCUT2D eigenvalue weighted by molar-refractivity contribution is -0.121. The molecule has 1 N–H and O–H groups in total. The van der Waals surface area contributed by atoms with E-state index in [4.69, 9.17) is 0 Å². The van der Waals surface area contributed by atoms with E-state index in [0.29, 0.717) is 18.9 Å². The third-order valence-corrected chi connectivity index (χ3v) is 4.05. The zero-order valence-corrected chi connectivity index (χ0v) is 11.4. The number of hydrogen-bond donors (Lipinski definition) is 1. The molecule has 0 saturated heterocycles. The van der Waals surface area contributed by atoms with Crippen LogP contribution in [0.4, 0.5) is 0 Å². The first-order valence-corrected chi connectivity index (χ1v) is 7.28. The highest BCUT2D eigenvalue weighted by molar-refractivity contribution is 7.99. The van der Waals surface area contributed by atoms with Crippen molar-refractivity contribution in [2.24, 2.45) is 13.0 Å². The number of thioether (sulfide) groups is 1. The van der Waals surface area contributed by atoms with Crippen LogP contribution in [0.5, 0.6) is 0 Å². The molecule has 1 aliphatic carbocycles. The summed E-state index contributed by atoms with van der Waals surface area (Å²) in [6, 6.07) is 0. The normalized spacial score (nSPS) is 18.2. The van der Waals surface area contributed by atoms with Crippen LogP contribution in [0.1, 0.15) is 19.3 Å². The van der Waals surface area contributed by atoms with Crippen molar-refractivity contribution in [2.45, 2.75) is 24.4 Å². The molecule has 1 aliphatic rings. The summed E-state index contributed by atoms with van der Waals surface area (Å²) in [7, 11) is 1.97. The summed E-state index contributed by atoms with van der Waals surface area (Å²) in [5.41, 5.74) is 0. The number of aryl methyl sites for hydroxylation is 1. The van der Waals surface area contributed by atoms with E-state index >= 15 is 0 Å². The molecular weight excluding hydrogens is 246 g/mol. The molecule has 5 heteroatoms. The second-order valence-corrected chi connectivity index (χ2v) is 5.55. The summed E-state index contributed by atoms with van der Waals surface area (Å²) in [5, 5.41) is 3.95. The molecule has 1 aromatic heterocycles. The topological polar surface area (TPSA) is 46.9 Å². The molecule has 98 valence electrons. The predicted molar refractivity (Wildman–Crippen MR) is 73.4 cm³/mol. The van der Waals surface area contributed by atoms with Crippen molar-refractivity contribution in [3.05, 3.63) is 24.5 Å². The lowest BCUT2D eigenvalue weighted by Gasteiger charge is -2.08. The van der Waals surface area contributed by atoms with Gasteiger partial charge in [-0.05, 0) is 18.8 Å². The van der Waals surface area contributed by atoms with E-state index in [1.165, 1.54) is 0 Å². The predicted octanol–water partition coefficient (Wildman–Crippen LogP) is 1.98. The van der Waals surface area contributed by atoms with E-state index in [-0.39, 0.29) is 5.91 Å². The summed E-state index contributed by atoms with van der Waals surface area (Å²) >= 11 is 1.66. The van der Waals surface area contributed by atoms with E-state index in [2.05, 4.69) is 22.5 Å². The summed E-state index contributed by atoms with van der Waals surface area (Å²) < 4.78 is 1.98. The van der Waals surface area contributed by atoms with Gasteiger partial charge in [-0.2, -0.15) is 0 Å². The highest BCUT2D eigenvalue weighted by atomic mass is 32.2. The van der Waals surface area contributed by atoms with Gasteiger partial charge in [0, 0.05) is 38.2 Å². The fraction of sp³-hybridized carbons (Fsp3) is 0.538. The number of carbonyl (C=O) groups excluding carboxylic acids is 1. The molecule has 1 heterocycles. The molecule has 0 bridgehead atoms. The maximum atomic E-state index is 11.7. The Morgan fingerprint density at radius 3 is 3.22 bits per heavy atom. The monoisotopic (exact) mass is 265 g/mol. The van der Waals surface area contributed by atoms with Crippen molar-refractivity contribution in [1.82, 2.24) is 14.9 Å². The van der Waals surface area contributed by atoms with Gasteiger partial charge >= 0.3 is 0 Å². The molecule has 0 unspecified atom stereocenters. The van der Waals surface area contributed by atoms with Crippen molar-refractivity contribution in [1.29, 1.82) is 0 Å². The average Bonchev–Trinajstić information content (AvgIpc) is 2.97. The Morgan fingerprint density at radius 1 is 1.67 bits per heavy atom. The van der Waals surface area contributed by atoms with Crippen LogP contribution in [0.3, 0.4) is 0 Å². The number of hydrogen-bond acceptors (Lipinski definition) is 3. The van der Waals surface area contributed by atoms with Crippen LogP contribution in [0, 0.1) is 5.92 Å². The van der Waals surface area contributed by atoms with E-state index < -0.39 is 0 Å². The van der Waals surface area contributed by atoms with Crippen molar-refractivity contribution in [2.75, 3.05) is 12.3 Å². The standard InChI is InChI=1S/C13H19N3OS/c1-16-8-6-15-13(16)18-9-7-14-12(17)10-11-4-2-3-5-11/h2,4,6,8,11H,3,5,7,9-10H2,1H3,(H,14,17)/t11-/m0/s1. The zero-order chi connectivity index (χ0) is 12.8. The van der Waals surface area contributed by atoms with Gasteiger partial charge in [0.1, 0.15) is 0 Å². The second-order valence-electron chi connectivity index (χ2n) is 4.49. The summed E-state index contributed by atoms with van der Waals surface area (Å²) in [5.74, 6) is 1.47. The third-order valence-electron chi connectivity index (χ3n) is 2.99. The smallest absolute Gasteiger partial charge is 0.220 e. The Balaban J connectivity index is 1.59. The van der Waals surface area contributed by atoms with Crippen molar-refractivity contribution >= 4 is 17.7 Å². The Kier molecular flexibility index (Phi) is 4.87. The van der Waals surface area contributed by atoms with Crippen LogP contribution in [0.15, 0.2) is 29.7 Å². The van der Waals surface area contributed by atoms with Crippen LogP contribution in [0.2, 0.25) is 0 Å². The third kappa shape index (κ3) is 3.91. The zero-order valence-electron chi connectivity index (χ0n) is 10.6. The van der Waals surface area contributed by atoms with Crippen LogP contribution in [-0.2, 0) is 11.8 Å².